The zero-order valence-corrected chi connectivity index (χ0v) is 42.9. The highest BCUT2D eigenvalue weighted by Gasteiger charge is 2.39. The molecule has 16 nitrogen and oxygen atoms in total. The molecule has 16 heteroatoms. The van der Waals surface area contributed by atoms with Crippen LogP contribution >= 0.6 is 0 Å². The molecule has 72 heavy (non-hydrogen) atoms. The molecule has 0 aromatic heterocycles. The maximum atomic E-state index is 14.4. The zero-order chi connectivity index (χ0) is 52.7. The summed E-state index contributed by atoms with van der Waals surface area (Å²) in [5.41, 5.74) is 2.97. The second-order valence-corrected chi connectivity index (χ2v) is 19.8. The van der Waals surface area contributed by atoms with E-state index in [0.717, 1.165) is 11.1 Å². The topological polar surface area (TPSA) is 234 Å². The minimum Gasteiger partial charge on any atom is -0.445 e. The molecule has 0 aliphatic carbocycles. The van der Waals surface area contributed by atoms with Crippen LogP contribution in [0.15, 0.2) is 121 Å². The van der Waals surface area contributed by atoms with E-state index in [1.54, 1.807) is 52.0 Å². The number of amides is 6. The molecule has 4 aromatic carbocycles. The van der Waals surface area contributed by atoms with Crippen molar-refractivity contribution in [1.29, 1.82) is 0 Å². The highest BCUT2D eigenvalue weighted by Crippen LogP contribution is 2.18. The Hall–Kier alpha value is -6.78. The number of benzene rings is 4. The van der Waals surface area contributed by atoms with Crippen LogP contribution in [0.25, 0.3) is 0 Å². The highest BCUT2D eigenvalue weighted by molar-refractivity contribution is 5.92. The van der Waals surface area contributed by atoms with Crippen LogP contribution < -0.4 is 31.9 Å². The number of nitrogens with one attached hydrogen (secondary N) is 6. The van der Waals surface area contributed by atoms with Gasteiger partial charge < -0.3 is 51.6 Å². The van der Waals surface area contributed by atoms with E-state index in [2.05, 4.69) is 31.9 Å². The number of carbonyl (C=O) groups is 6. The smallest absolute Gasteiger partial charge is 0.408 e. The standard InChI is InChI=1S/C56H76N6O10/c1-35(2)29-45(59-55(69)71-33-41-25-17-11-18-26-41)51(65)61-47(37(5)6)53(67)57-43(31-39-21-13-9-14-22-39)49(63)50(64)44(32-40-23-15-10-16-24-40)58-54(68)48(38(7)8)62-52(66)46(30-36(3)4)60-56(70)72-34-42-27-19-12-20-28-42/h9-28,35-38,43-50,63-64H,29-34H2,1-8H3,(H,57,67)(H,58,68)(H,59,69)(H,60,70)(H,61,65)(H,62,66)/t43-,44-,45-,46-,47-,48-,49+,50+/m0/s1. The summed E-state index contributed by atoms with van der Waals surface area (Å²) < 4.78 is 10.8. The number of hydrogen-bond acceptors (Lipinski definition) is 10. The monoisotopic (exact) mass is 993 g/mol. The summed E-state index contributed by atoms with van der Waals surface area (Å²) in [6.07, 6.45) is -4.41. The molecule has 0 aliphatic rings. The van der Waals surface area contributed by atoms with Gasteiger partial charge in [0.1, 0.15) is 49.6 Å². The van der Waals surface area contributed by atoms with Crippen LogP contribution in [0.5, 0.6) is 0 Å². The van der Waals surface area contributed by atoms with Crippen molar-refractivity contribution in [2.45, 2.75) is 143 Å². The van der Waals surface area contributed by atoms with Crippen molar-refractivity contribution < 1.29 is 48.5 Å². The fourth-order valence-electron chi connectivity index (χ4n) is 8.07. The van der Waals surface area contributed by atoms with Gasteiger partial charge in [0.25, 0.3) is 0 Å². The van der Waals surface area contributed by atoms with Crippen LogP contribution in [-0.2, 0) is 54.7 Å². The fourth-order valence-corrected chi connectivity index (χ4v) is 8.07. The van der Waals surface area contributed by atoms with E-state index >= 15 is 0 Å². The van der Waals surface area contributed by atoms with Crippen molar-refractivity contribution >= 4 is 35.8 Å². The molecule has 0 aliphatic heterocycles. The average molecular weight is 993 g/mol. The van der Waals surface area contributed by atoms with E-state index in [0.29, 0.717) is 11.1 Å². The Morgan fingerprint density at radius 3 is 0.972 bits per heavy atom. The lowest BCUT2D eigenvalue weighted by molar-refractivity contribution is -0.133. The Morgan fingerprint density at radius 1 is 0.403 bits per heavy atom. The Balaban J connectivity index is 1.56. The number of aliphatic hydroxyl groups excluding tert-OH is 2. The highest BCUT2D eigenvalue weighted by atomic mass is 16.6. The van der Waals surface area contributed by atoms with Crippen LogP contribution in [0.2, 0.25) is 0 Å². The van der Waals surface area contributed by atoms with E-state index in [-0.39, 0.29) is 50.7 Å². The second kappa shape index (κ2) is 29.5. The Bertz CT molecular complexity index is 2120. The number of ether oxygens (including phenoxy) is 2. The first kappa shape index (κ1) is 57.8. The van der Waals surface area contributed by atoms with Gasteiger partial charge in [-0.2, -0.15) is 0 Å². The fraction of sp³-hybridized carbons (Fsp3) is 0.464. The van der Waals surface area contributed by atoms with Crippen molar-refractivity contribution in [3.8, 4) is 0 Å². The van der Waals surface area contributed by atoms with Gasteiger partial charge >= 0.3 is 12.2 Å². The quantitative estimate of drug-likeness (QED) is 0.0341. The molecule has 8 N–H and O–H groups in total. The van der Waals surface area contributed by atoms with Crippen molar-refractivity contribution in [2.75, 3.05) is 0 Å². The number of hydrogen-bond donors (Lipinski definition) is 8. The van der Waals surface area contributed by atoms with Crippen molar-refractivity contribution in [1.82, 2.24) is 31.9 Å². The molecule has 0 unspecified atom stereocenters. The molecule has 0 spiro atoms. The van der Waals surface area contributed by atoms with Crippen molar-refractivity contribution in [2.24, 2.45) is 23.7 Å². The molecule has 0 fully saturated rings. The summed E-state index contributed by atoms with van der Waals surface area (Å²) in [7, 11) is 0. The summed E-state index contributed by atoms with van der Waals surface area (Å²) in [4.78, 5) is 82.5. The summed E-state index contributed by atoms with van der Waals surface area (Å²) >= 11 is 0. The Morgan fingerprint density at radius 2 is 0.694 bits per heavy atom. The van der Waals surface area contributed by atoms with E-state index < -0.39 is 96.1 Å². The molecule has 6 amide bonds. The first-order chi connectivity index (χ1) is 34.3. The molecule has 4 aromatic rings. The molecule has 0 saturated carbocycles. The van der Waals surface area contributed by atoms with Gasteiger partial charge in [0.05, 0.1) is 12.1 Å². The average Bonchev–Trinajstić information content (AvgIpc) is 3.35. The maximum absolute atomic E-state index is 14.4. The van der Waals surface area contributed by atoms with Gasteiger partial charge in [0, 0.05) is 0 Å². The van der Waals surface area contributed by atoms with Crippen molar-refractivity contribution in [3.05, 3.63) is 144 Å². The van der Waals surface area contributed by atoms with E-state index in [1.807, 2.05) is 125 Å². The normalized spacial score (nSPS) is 14.7. The number of rotatable bonds is 27. The van der Waals surface area contributed by atoms with Gasteiger partial charge in [-0.25, -0.2) is 9.59 Å². The molecule has 0 heterocycles. The minimum absolute atomic E-state index is 0.00634. The van der Waals surface area contributed by atoms with E-state index in [1.165, 1.54) is 0 Å². The molecule has 4 rings (SSSR count). The Labute approximate surface area is 424 Å². The van der Waals surface area contributed by atoms with Crippen LogP contribution in [0.1, 0.15) is 90.5 Å². The van der Waals surface area contributed by atoms with Crippen LogP contribution in [0, 0.1) is 23.7 Å². The minimum atomic E-state index is -1.70. The van der Waals surface area contributed by atoms with Gasteiger partial charge in [-0.15, -0.1) is 0 Å². The molecule has 0 bridgehead atoms. The summed E-state index contributed by atoms with van der Waals surface area (Å²) in [5.74, 6) is -3.51. The van der Waals surface area contributed by atoms with Gasteiger partial charge in [-0.3, -0.25) is 19.2 Å². The van der Waals surface area contributed by atoms with Crippen LogP contribution in [0.3, 0.4) is 0 Å². The summed E-state index contributed by atoms with van der Waals surface area (Å²) in [6.45, 7) is 14.6. The zero-order valence-electron chi connectivity index (χ0n) is 42.9. The van der Waals surface area contributed by atoms with Gasteiger partial charge in [0.15, 0.2) is 0 Å². The van der Waals surface area contributed by atoms with Gasteiger partial charge in [-0.1, -0.05) is 177 Å². The van der Waals surface area contributed by atoms with E-state index in [9.17, 15) is 39.0 Å². The SMILES string of the molecule is CC(C)C[C@H](NC(=O)OCc1ccccc1)C(=O)N[C@H](C(=O)N[C@@H](Cc1ccccc1)[C@@H](O)[C@H](O)[C@H](Cc1ccccc1)NC(=O)[C@@H](NC(=O)[C@H](CC(C)C)NC(=O)OCc1ccccc1)C(C)C)C(C)C. The van der Waals surface area contributed by atoms with Crippen LogP contribution in [0.4, 0.5) is 9.59 Å². The van der Waals surface area contributed by atoms with Gasteiger partial charge in [-0.05, 0) is 71.6 Å². The Kier molecular flexibility index (Phi) is 23.7. The summed E-state index contributed by atoms with van der Waals surface area (Å²) in [6, 6.07) is 29.6. The molecular formula is C56H76N6O10. The van der Waals surface area contributed by atoms with Crippen LogP contribution in [-0.4, -0.2) is 94.5 Å². The lowest BCUT2D eigenvalue weighted by atomic mass is 9.90. The largest absolute Gasteiger partial charge is 0.445 e. The third-order valence-electron chi connectivity index (χ3n) is 12.0. The number of carbonyl (C=O) groups excluding carboxylic acids is 6. The summed E-state index contributed by atoms with van der Waals surface area (Å²) in [5, 5.41) is 41.2. The lowest BCUT2D eigenvalue weighted by Gasteiger charge is -2.35. The maximum Gasteiger partial charge on any atom is 0.408 e. The number of alkyl carbamates (subject to hydrolysis) is 2. The first-order valence-corrected chi connectivity index (χ1v) is 24.9. The van der Waals surface area contributed by atoms with Gasteiger partial charge in [0.2, 0.25) is 23.6 Å². The molecule has 0 saturated heterocycles. The second-order valence-electron chi connectivity index (χ2n) is 19.8. The van der Waals surface area contributed by atoms with Crippen molar-refractivity contribution in [3.63, 3.8) is 0 Å². The molecular weight excluding hydrogens is 917 g/mol. The van der Waals surface area contributed by atoms with E-state index in [4.69, 9.17) is 9.47 Å². The molecule has 0 radical (unpaired) electrons. The lowest BCUT2D eigenvalue weighted by Crippen LogP contribution is -2.62. The first-order valence-electron chi connectivity index (χ1n) is 24.9. The molecule has 8 atom stereocenters. The molecule has 390 valence electrons. The predicted molar refractivity (Wildman–Crippen MR) is 276 cm³/mol. The third-order valence-corrected chi connectivity index (χ3v) is 12.0. The third kappa shape index (κ3) is 19.8. The number of aliphatic hydroxyl groups is 2. The predicted octanol–water partition coefficient (Wildman–Crippen LogP) is 6.13.